The van der Waals surface area contributed by atoms with Crippen LogP contribution in [-0.2, 0) is 20.7 Å². The zero-order valence-electron chi connectivity index (χ0n) is 11.0. The van der Waals surface area contributed by atoms with Crippen LogP contribution < -0.4 is 5.32 Å². The number of carbonyl (C=O) groups excluding carboxylic acids is 2. The maximum atomic E-state index is 11.6. The molecule has 0 fully saturated rings. The third kappa shape index (κ3) is 3.89. The van der Waals surface area contributed by atoms with E-state index in [0.717, 1.165) is 10.6 Å². The highest BCUT2D eigenvalue weighted by molar-refractivity contribution is 7.13. The molecule has 1 N–H and O–H groups in total. The van der Waals surface area contributed by atoms with Crippen LogP contribution in [0.2, 0.25) is 0 Å². The van der Waals surface area contributed by atoms with Gasteiger partial charge in [0.25, 0.3) is 0 Å². The molecule has 0 aliphatic carbocycles. The molecule has 0 aliphatic heterocycles. The Kier molecular flexibility index (Phi) is 4.84. The minimum absolute atomic E-state index is 0.120. The Morgan fingerprint density at radius 2 is 2.05 bits per heavy atom. The number of benzene rings is 1. The van der Waals surface area contributed by atoms with Gasteiger partial charge in [0, 0.05) is 10.9 Å². The predicted molar refractivity (Wildman–Crippen MR) is 76.3 cm³/mol. The van der Waals surface area contributed by atoms with Crippen LogP contribution in [0.4, 0.5) is 0 Å². The van der Waals surface area contributed by atoms with Gasteiger partial charge in [-0.05, 0) is 0 Å². The molecule has 0 saturated carbocycles. The fourth-order valence-electron chi connectivity index (χ4n) is 1.57. The van der Waals surface area contributed by atoms with Crippen molar-refractivity contribution in [1.82, 2.24) is 10.3 Å². The Balaban J connectivity index is 1.93. The van der Waals surface area contributed by atoms with Crippen LogP contribution >= 0.6 is 11.3 Å². The van der Waals surface area contributed by atoms with E-state index in [1.165, 1.54) is 18.4 Å². The third-order valence-electron chi connectivity index (χ3n) is 2.57. The monoisotopic (exact) mass is 290 g/mol. The van der Waals surface area contributed by atoms with E-state index < -0.39 is 5.97 Å². The largest absolute Gasteiger partial charge is 0.468 e. The first-order valence-electron chi connectivity index (χ1n) is 6.02. The van der Waals surface area contributed by atoms with Crippen LogP contribution in [-0.4, -0.2) is 30.5 Å². The SMILES string of the molecule is COC(=O)CNC(=O)Cc1csc(-c2ccccc2)n1. The molecule has 2 aromatic rings. The molecule has 0 atom stereocenters. The van der Waals surface area contributed by atoms with Crippen molar-refractivity contribution in [3.05, 3.63) is 41.4 Å². The number of hydrogen-bond donors (Lipinski definition) is 1. The Morgan fingerprint density at radius 1 is 1.30 bits per heavy atom. The van der Waals surface area contributed by atoms with Gasteiger partial charge in [-0.15, -0.1) is 11.3 Å². The third-order valence-corrected chi connectivity index (χ3v) is 3.51. The lowest BCUT2D eigenvalue weighted by atomic mass is 10.2. The smallest absolute Gasteiger partial charge is 0.325 e. The molecular formula is C14H14N2O3S. The van der Waals surface area contributed by atoms with Crippen molar-refractivity contribution < 1.29 is 14.3 Å². The molecule has 6 heteroatoms. The minimum Gasteiger partial charge on any atom is -0.468 e. The molecule has 5 nitrogen and oxygen atoms in total. The zero-order chi connectivity index (χ0) is 14.4. The standard InChI is InChI=1S/C14H14N2O3S/c1-19-13(18)8-15-12(17)7-11-9-20-14(16-11)10-5-3-2-4-6-10/h2-6,9H,7-8H2,1H3,(H,15,17). The molecule has 1 amide bonds. The fourth-order valence-corrected chi connectivity index (χ4v) is 2.40. The zero-order valence-corrected chi connectivity index (χ0v) is 11.8. The normalized spacial score (nSPS) is 10.1. The molecule has 20 heavy (non-hydrogen) atoms. The molecule has 0 unspecified atom stereocenters. The van der Waals surface area contributed by atoms with E-state index in [1.807, 2.05) is 35.7 Å². The molecule has 0 saturated heterocycles. The van der Waals surface area contributed by atoms with E-state index in [4.69, 9.17) is 0 Å². The Morgan fingerprint density at radius 3 is 2.75 bits per heavy atom. The number of ether oxygens (including phenoxy) is 1. The van der Waals surface area contributed by atoms with Gasteiger partial charge in [0.15, 0.2) is 0 Å². The van der Waals surface area contributed by atoms with Crippen LogP contribution in [0, 0.1) is 0 Å². The van der Waals surface area contributed by atoms with Crippen LogP contribution in [0.15, 0.2) is 35.7 Å². The highest BCUT2D eigenvalue weighted by atomic mass is 32.1. The van der Waals surface area contributed by atoms with Crippen molar-refractivity contribution in [3.63, 3.8) is 0 Å². The van der Waals surface area contributed by atoms with Crippen molar-refractivity contribution in [2.75, 3.05) is 13.7 Å². The molecule has 0 radical (unpaired) electrons. The Hall–Kier alpha value is -2.21. The summed E-state index contributed by atoms with van der Waals surface area (Å²) in [6, 6.07) is 9.77. The number of aromatic nitrogens is 1. The number of amides is 1. The molecular weight excluding hydrogens is 276 g/mol. The first kappa shape index (κ1) is 14.2. The minimum atomic E-state index is -0.471. The van der Waals surface area contributed by atoms with Crippen molar-refractivity contribution in [2.24, 2.45) is 0 Å². The molecule has 2 rings (SSSR count). The highest BCUT2D eigenvalue weighted by Crippen LogP contribution is 2.23. The quantitative estimate of drug-likeness (QED) is 0.850. The van der Waals surface area contributed by atoms with Crippen molar-refractivity contribution in [3.8, 4) is 10.6 Å². The number of carbonyl (C=O) groups is 2. The van der Waals surface area contributed by atoms with Gasteiger partial charge in [-0.1, -0.05) is 30.3 Å². The molecule has 104 valence electrons. The fraction of sp³-hybridized carbons (Fsp3) is 0.214. The first-order chi connectivity index (χ1) is 9.69. The Labute approximate surface area is 120 Å². The summed E-state index contributed by atoms with van der Waals surface area (Å²) in [5.41, 5.74) is 1.72. The average Bonchev–Trinajstić information content (AvgIpc) is 2.94. The number of thiazole rings is 1. The van der Waals surface area contributed by atoms with Gasteiger partial charge < -0.3 is 10.1 Å². The van der Waals surface area contributed by atoms with Crippen molar-refractivity contribution >= 4 is 23.2 Å². The summed E-state index contributed by atoms with van der Waals surface area (Å²) in [5, 5.41) is 5.21. The molecule has 1 heterocycles. The maximum Gasteiger partial charge on any atom is 0.325 e. The number of rotatable bonds is 5. The van der Waals surface area contributed by atoms with E-state index in [9.17, 15) is 9.59 Å². The second-order valence-corrected chi connectivity index (χ2v) is 4.90. The van der Waals surface area contributed by atoms with Crippen molar-refractivity contribution in [1.29, 1.82) is 0 Å². The molecule has 0 bridgehead atoms. The summed E-state index contributed by atoms with van der Waals surface area (Å²) >= 11 is 1.49. The average molecular weight is 290 g/mol. The van der Waals surface area contributed by atoms with Crippen LogP contribution in [0.5, 0.6) is 0 Å². The number of esters is 1. The summed E-state index contributed by atoms with van der Waals surface area (Å²) in [7, 11) is 1.28. The van der Waals surface area contributed by atoms with Crippen molar-refractivity contribution in [2.45, 2.75) is 6.42 Å². The van der Waals surface area contributed by atoms with E-state index in [1.54, 1.807) is 0 Å². The lowest BCUT2D eigenvalue weighted by molar-refractivity contribution is -0.141. The van der Waals surface area contributed by atoms with E-state index in [-0.39, 0.29) is 18.9 Å². The summed E-state index contributed by atoms with van der Waals surface area (Å²) in [4.78, 5) is 26.9. The predicted octanol–water partition coefficient (Wildman–Crippen LogP) is 1.64. The summed E-state index contributed by atoms with van der Waals surface area (Å²) in [5.74, 6) is -0.720. The number of methoxy groups -OCH3 is 1. The second kappa shape index (κ2) is 6.81. The second-order valence-electron chi connectivity index (χ2n) is 4.04. The van der Waals surface area contributed by atoms with Gasteiger partial charge in [0.2, 0.25) is 5.91 Å². The van der Waals surface area contributed by atoms with E-state index in [0.29, 0.717) is 5.69 Å². The highest BCUT2D eigenvalue weighted by Gasteiger charge is 2.10. The summed E-state index contributed by atoms with van der Waals surface area (Å²) in [6.07, 6.45) is 0.153. The number of nitrogens with zero attached hydrogens (tertiary/aromatic N) is 1. The number of nitrogens with one attached hydrogen (secondary N) is 1. The summed E-state index contributed by atoms with van der Waals surface area (Å²) < 4.78 is 4.45. The van der Waals surface area contributed by atoms with Gasteiger partial charge in [-0.3, -0.25) is 9.59 Å². The van der Waals surface area contributed by atoms with Gasteiger partial charge in [-0.2, -0.15) is 0 Å². The maximum absolute atomic E-state index is 11.6. The Bertz CT molecular complexity index is 595. The topological polar surface area (TPSA) is 68.3 Å². The molecule has 0 aliphatic rings. The lowest BCUT2D eigenvalue weighted by Crippen LogP contribution is -2.31. The van der Waals surface area contributed by atoms with Crippen LogP contribution in [0.3, 0.4) is 0 Å². The van der Waals surface area contributed by atoms with Crippen LogP contribution in [0.25, 0.3) is 10.6 Å². The van der Waals surface area contributed by atoms with Crippen LogP contribution in [0.1, 0.15) is 5.69 Å². The van der Waals surface area contributed by atoms with E-state index >= 15 is 0 Å². The molecule has 0 spiro atoms. The van der Waals surface area contributed by atoms with Gasteiger partial charge in [0.1, 0.15) is 11.6 Å². The lowest BCUT2D eigenvalue weighted by Gasteiger charge is -2.01. The number of hydrogen-bond acceptors (Lipinski definition) is 5. The van der Waals surface area contributed by atoms with Gasteiger partial charge in [0.05, 0.1) is 19.2 Å². The molecule has 1 aromatic carbocycles. The summed E-state index contributed by atoms with van der Waals surface area (Å²) in [6.45, 7) is -0.120. The van der Waals surface area contributed by atoms with Gasteiger partial charge >= 0.3 is 5.97 Å². The van der Waals surface area contributed by atoms with Gasteiger partial charge in [-0.25, -0.2) is 4.98 Å². The van der Waals surface area contributed by atoms with E-state index in [2.05, 4.69) is 15.0 Å². The first-order valence-corrected chi connectivity index (χ1v) is 6.90. The molecule has 1 aromatic heterocycles.